The molecular formula is C24H19Cl2NO2. The first kappa shape index (κ1) is 20.8. The van der Waals surface area contributed by atoms with Crippen LogP contribution < -0.4 is 9.47 Å². The summed E-state index contributed by atoms with van der Waals surface area (Å²) in [6.45, 7) is 2.86. The van der Waals surface area contributed by atoms with Crippen molar-refractivity contribution in [3.63, 3.8) is 0 Å². The Morgan fingerprint density at radius 2 is 1.76 bits per heavy atom. The fraction of sp³-hybridized carbons (Fsp3) is 0.125. The molecule has 0 aromatic heterocycles. The van der Waals surface area contributed by atoms with E-state index in [1.807, 2.05) is 55.5 Å². The second-order valence-electron chi connectivity index (χ2n) is 6.21. The van der Waals surface area contributed by atoms with Gasteiger partial charge in [0.15, 0.2) is 11.5 Å². The van der Waals surface area contributed by atoms with Gasteiger partial charge < -0.3 is 9.47 Å². The van der Waals surface area contributed by atoms with Crippen LogP contribution in [-0.4, -0.2) is 6.61 Å². The van der Waals surface area contributed by atoms with Crippen molar-refractivity contribution in [1.82, 2.24) is 0 Å². The van der Waals surface area contributed by atoms with Gasteiger partial charge in [0.05, 0.1) is 23.3 Å². The molecule has 0 saturated heterocycles. The van der Waals surface area contributed by atoms with Gasteiger partial charge in [-0.2, -0.15) is 5.26 Å². The van der Waals surface area contributed by atoms with Gasteiger partial charge in [-0.05, 0) is 48.4 Å². The molecule has 0 aliphatic rings. The smallest absolute Gasteiger partial charge is 0.161 e. The van der Waals surface area contributed by atoms with Gasteiger partial charge >= 0.3 is 0 Å². The maximum absolute atomic E-state index is 9.61. The lowest BCUT2D eigenvalue weighted by molar-refractivity contribution is 0.269. The van der Waals surface area contributed by atoms with E-state index in [0.29, 0.717) is 45.9 Å². The first-order chi connectivity index (χ1) is 14.1. The van der Waals surface area contributed by atoms with Crippen LogP contribution in [0.25, 0.3) is 11.6 Å². The van der Waals surface area contributed by atoms with E-state index in [-0.39, 0.29) is 0 Å². The predicted molar refractivity (Wildman–Crippen MR) is 118 cm³/mol. The van der Waals surface area contributed by atoms with Crippen LogP contribution >= 0.6 is 23.2 Å². The van der Waals surface area contributed by atoms with Crippen molar-refractivity contribution in [2.75, 3.05) is 6.61 Å². The van der Waals surface area contributed by atoms with Crippen LogP contribution in [0.4, 0.5) is 0 Å². The van der Waals surface area contributed by atoms with E-state index in [1.54, 1.807) is 24.3 Å². The summed E-state index contributed by atoms with van der Waals surface area (Å²) in [4.78, 5) is 0. The highest BCUT2D eigenvalue weighted by Gasteiger charge is 2.10. The Hall–Kier alpha value is -2.93. The number of ether oxygens (including phenoxy) is 2. The Morgan fingerprint density at radius 1 is 0.966 bits per heavy atom. The van der Waals surface area contributed by atoms with Gasteiger partial charge in [0.2, 0.25) is 0 Å². The quantitative estimate of drug-likeness (QED) is 0.302. The van der Waals surface area contributed by atoms with Crippen LogP contribution in [0.5, 0.6) is 11.5 Å². The van der Waals surface area contributed by atoms with Gasteiger partial charge in [-0.25, -0.2) is 0 Å². The number of nitriles is 1. The second kappa shape index (κ2) is 10.0. The number of halogens is 2. The third-order valence-electron chi connectivity index (χ3n) is 4.16. The fourth-order valence-corrected chi connectivity index (χ4v) is 3.29. The Labute approximate surface area is 180 Å². The number of allylic oxidation sites excluding steroid dienone is 1. The summed E-state index contributed by atoms with van der Waals surface area (Å²) in [5, 5.41) is 10.6. The van der Waals surface area contributed by atoms with E-state index in [4.69, 9.17) is 32.7 Å². The molecule has 0 saturated carbocycles. The van der Waals surface area contributed by atoms with Crippen molar-refractivity contribution in [3.8, 4) is 17.6 Å². The highest BCUT2D eigenvalue weighted by atomic mass is 35.5. The Kier molecular flexibility index (Phi) is 7.19. The predicted octanol–water partition coefficient (Wildman–Crippen LogP) is 7.04. The van der Waals surface area contributed by atoms with Gasteiger partial charge in [-0.3, -0.25) is 0 Å². The molecule has 3 rings (SSSR count). The molecule has 0 aliphatic heterocycles. The molecule has 3 aromatic carbocycles. The van der Waals surface area contributed by atoms with Crippen molar-refractivity contribution in [2.45, 2.75) is 13.5 Å². The molecule has 0 unspecified atom stereocenters. The van der Waals surface area contributed by atoms with E-state index >= 15 is 0 Å². The fourth-order valence-electron chi connectivity index (χ4n) is 2.78. The molecule has 0 bridgehead atoms. The number of hydrogen-bond acceptors (Lipinski definition) is 3. The van der Waals surface area contributed by atoms with Crippen LogP contribution in [0.15, 0.2) is 66.7 Å². The molecule has 0 spiro atoms. The third kappa shape index (κ3) is 5.54. The summed E-state index contributed by atoms with van der Waals surface area (Å²) >= 11 is 12.2. The number of rotatable bonds is 7. The summed E-state index contributed by atoms with van der Waals surface area (Å²) < 4.78 is 11.7. The molecule has 3 nitrogen and oxygen atoms in total. The topological polar surface area (TPSA) is 42.2 Å². The largest absolute Gasteiger partial charge is 0.490 e. The maximum atomic E-state index is 9.61. The van der Waals surface area contributed by atoms with Crippen molar-refractivity contribution in [1.29, 1.82) is 5.26 Å². The Morgan fingerprint density at radius 3 is 2.45 bits per heavy atom. The Bertz CT molecular complexity index is 1060. The SMILES string of the molecule is CCOc1cc(/C=C(\C#N)c2ccc(Cl)cc2Cl)ccc1OCc1ccccc1. The van der Waals surface area contributed by atoms with Crippen molar-refractivity contribution in [2.24, 2.45) is 0 Å². The molecule has 0 N–H and O–H groups in total. The highest BCUT2D eigenvalue weighted by molar-refractivity contribution is 6.36. The molecule has 0 amide bonds. The van der Waals surface area contributed by atoms with Crippen molar-refractivity contribution >= 4 is 34.9 Å². The number of hydrogen-bond donors (Lipinski definition) is 0. The molecule has 0 radical (unpaired) electrons. The standard InChI is InChI=1S/C24H19Cl2NO2/c1-2-28-24-13-18(8-11-23(24)29-16-17-6-4-3-5-7-17)12-19(15-27)21-10-9-20(25)14-22(21)26/h3-14H,2,16H2,1H3/b19-12+. The van der Waals surface area contributed by atoms with Crippen LogP contribution in [0.2, 0.25) is 10.0 Å². The first-order valence-electron chi connectivity index (χ1n) is 9.11. The van der Waals surface area contributed by atoms with E-state index < -0.39 is 0 Å². The summed E-state index contributed by atoms with van der Waals surface area (Å²) in [5.41, 5.74) is 2.94. The summed E-state index contributed by atoms with van der Waals surface area (Å²) in [7, 11) is 0. The zero-order valence-electron chi connectivity index (χ0n) is 15.9. The minimum absolute atomic E-state index is 0.429. The minimum Gasteiger partial charge on any atom is -0.490 e. The normalized spacial score (nSPS) is 11.0. The Balaban J connectivity index is 1.88. The van der Waals surface area contributed by atoms with E-state index in [0.717, 1.165) is 11.1 Å². The average molecular weight is 424 g/mol. The van der Waals surface area contributed by atoms with Gasteiger partial charge in [-0.15, -0.1) is 0 Å². The minimum atomic E-state index is 0.429. The van der Waals surface area contributed by atoms with Crippen molar-refractivity contribution in [3.05, 3.63) is 93.5 Å². The summed E-state index contributed by atoms with van der Waals surface area (Å²) in [6.07, 6.45) is 1.76. The zero-order chi connectivity index (χ0) is 20.6. The first-order valence-corrected chi connectivity index (χ1v) is 9.87. The van der Waals surface area contributed by atoms with E-state index in [1.165, 1.54) is 0 Å². The molecule has 0 atom stereocenters. The second-order valence-corrected chi connectivity index (χ2v) is 7.05. The van der Waals surface area contributed by atoms with Gasteiger partial charge in [0.25, 0.3) is 0 Å². The zero-order valence-corrected chi connectivity index (χ0v) is 17.4. The molecule has 3 aromatic rings. The number of benzene rings is 3. The molecule has 0 aliphatic carbocycles. The monoisotopic (exact) mass is 423 g/mol. The molecule has 146 valence electrons. The van der Waals surface area contributed by atoms with Crippen LogP contribution in [0.1, 0.15) is 23.6 Å². The van der Waals surface area contributed by atoms with Crippen LogP contribution in [0, 0.1) is 11.3 Å². The summed E-state index contributed by atoms with van der Waals surface area (Å²) in [5.74, 6) is 1.27. The average Bonchev–Trinajstić information content (AvgIpc) is 2.73. The van der Waals surface area contributed by atoms with Crippen LogP contribution in [0.3, 0.4) is 0 Å². The lowest BCUT2D eigenvalue weighted by Gasteiger charge is -2.13. The molecular weight excluding hydrogens is 405 g/mol. The van der Waals surface area contributed by atoms with Crippen molar-refractivity contribution < 1.29 is 9.47 Å². The van der Waals surface area contributed by atoms with E-state index in [2.05, 4.69) is 6.07 Å². The maximum Gasteiger partial charge on any atom is 0.161 e. The molecule has 0 heterocycles. The molecule has 0 fully saturated rings. The lowest BCUT2D eigenvalue weighted by atomic mass is 10.0. The van der Waals surface area contributed by atoms with Gasteiger partial charge in [0.1, 0.15) is 6.61 Å². The molecule has 5 heteroatoms. The van der Waals surface area contributed by atoms with E-state index in [9.17, 15) is 5.26 Å². The lowest BCUT2D eigenvalue weighted by Crippen LogP contribution is -2.00. The highest BCUT2D eigenvalue weighted by Crippen LogP contribution is 2.32. The van der Waals surface area contributed by atoms with Gasteiger partial charge in [-0.1, -0.05) is 65.7 Å². The van der Waals surface area contributed by atoms with Gasteiger partial charge in [0, 0.05) is 10.6 Å². The van der Waals surface area contributed by atoms with Crippen LogP contribution in [-0.2, 0) is 6.61 Å². The number of nitrogens with zero attached hydrogens (tertiary/aromatic N) is 1. The summed E-state index contributed by atoms with van der Waals surface area (Å²) in [6, 6.07) is 22.8. The third-order valence-corrected chi connectivity index (χ3v) is 4.71. The molecule has 29 heavy (non-hydrogen) atoms.